The van der Waals surface area contributed by atoms with Crippen molar-refractivity contribution in [1.29, 1.82) is 0 Å². The highest BCUT2D eigenvalue weighted by Gasteiger charge is 2.38. The molecule has 0 aromatic carbocycles. The maximum atomic E-state index is 5.25. The van der Waals surface area contributed by atoms with Crippen LogP contribution in [-0.4, -0.2) is 49.8 Å². The van der Waals surface area contributed by atoms with E-state index in [2.05, 4.69) is 17.1 Å². The summed E-state index contributed by atoms with van der Waals surface area (Å²) in [4.78, 5) is 2.81. The number of nitrogens with zero attached hydrogens (tertiary/aromatic N) is 1. The van der Waals surface area contributed by atoms with E-state index < -0.39 is 0 Å². The van der Waals surface area contributed by atoms with E-state index in [-0.39, 0.29) is 0 Å². The molecule has 112 valence electrons. The van der Waals surface area contributed by atoms with Crippen molar-refractivity contribution in [2.24, 2.45) is 0 Å². The van der Waals surface area contributed by atoms with Gasteiger partial charge in [0.2, 0.25) is 0 Å². The van der Waals surface area contributed by atoms with Crippen LogP contribution in [0.3, 0.4) is 0 Å². The predicted molar refractivity (Wildman–Crippen MR) is 80.6 cm³/mol. The molecule has 0 amide bonds. The summed E-state index contributed by atoms with van der Waals surface area (Å²) >= 11 is 0. The van der Waals surface area contributed by atoms with Gasteiger partial charge in [-0.25, -0.2) is 0 Å². The average molecular weight is 268 g/mol. The van der Waals surface area contributed by atoms with Gasteiger partial charge >= 0.3 is 0 Å². The third kappa shape index (κ3) is 4.17. The van der Waals surface area contributed by atoms with Crippen molar-refractivity contribution in [2.75, 3.05) is 33.4 Å². The maximum Gasteiger partial charge on any atom is 0.0613 e. The molecule has 2 fully saturated rings. The van der Waals surface area contributed by atoms with Crippen LogP contribution in [0.4, 0.5) is 0 Å². The molecular formula is C16H32N2O. The van der Waals surface area contributed by atoms with Crippen LogP contribution in [0.15, 0.2) is 0 Å². The minimum absolute atomic E-state index is 0.445. The standard InChI is InChI=1S/C16H32N2O/c1-15(13-19-2)17-14-16(9-5-3-6-10-16)18-11-7-4-8-12-18/h15,17H,3-14H2,1-2H3. The summed E-state index contributed by atoms with van der Waals surface area (Å²) in [5.74, 6) is 0. The van der Waals surface area contributed by atoms with Gasteiger partial charge in [0.1, 0.15) is 0 Å². The highest BCUT2D eigenvalue weighted by atomic mass is 16.5. The zero-order valence-corrected chi connectivity index (χ0v) is 12.9. The lowest BCUT2D eigenvalue weighted by Gasteiger charge is -2.49. The normalized spacial score (nSPS) is 26.2. The number of likely N-dealkylation sites (tertiary alicyclic amines) is 1. The molecule has 1 unspecified atom stereocenters. The Morgan fingerprint density at radius 1 is 1.05 bits per heavy atom. The molecule has 1 aliphatic heterocycles. The van der Waals surface area contributed by atoms with E-state index in [1.165, 1.54) is 64.5 Å². The van der Waals surface area contributed by atoms with Crippen molar-refractivity contribution < 1.29 is 4.74 Å². The molecule has 0 aromatic heterocycles. The second kappa shape index (κ2) is 7.61. The van der Waals surface area contributed by atoms with Crippen molar-refractivity contribution >= 4 is 0 Å². The van der Waals surface area contributed by atoms with Crippen molar-refractivity contribution in [3.8, 4) is 0 Å². The van der Waals surface area contributed by atoms with Crippen molar-refractivity contribution in [3.63, 3.8) is 0 Å². The summed E-state index contributed by atoms with van der Waals surface area (Å²) in [6.07, 6.45) is 11.3. The van der Waals surface area contributed by atoms with E-state index in [0.29, 0.717) is 11.6 Å². The SMILES string of the molecule is COCC(C)NCC1(N2CCCCC2)CCCCC1. The van der Waals surface area contributed by atoms with Gasteiger partial charge in [-0.3, -0.25) is 4.90 Å². The van der Waals surface area contributed by atoms with Crippen LogP contribution in [0, 0.1) is 0 Å². The molecule has 19 heavy (non-hydrogen) atoms. The van der Waals surface area contributed by atoms with Gasteiger partial charge in [0.15, 0.2) is 0 Å². The fraction of sp³-hybridized carbons (Fsp3) is 1.00. The van der Waals surface area contributed by atoms with Crippen molar-refractivity contribution in [2.45, 2.75) is 69.9 Å². The largest absolute Gasteiger partial charge is 0.383 e. The lowest BCUT2D eigenvalue weighted by Crippen LogP contribution is -2.58. The molecule has 3 heteroatoms. The Labute approximate surface area is 119 Å². The number of rotatable bonds is 6. The molecule has 1 atom stereocenters. The van der Waals surface area contributed by atoms with Gasteiger partial charge in [0.25, 0.3) is 0 Å². The summed E-state index contributed by atoms with van der Waals surface area (Å²) in [5, 5.41) is 3.72. The van der Waals surface area contributed by atoms with Crippen LogP contribution in [-0.2, 0) is 4.74 Å². The second-order valence-electron chi connectivity index (χ2n) is 6.57. The fourth-order valence-electron chi connectivity index (χ4n) is 3.86. The molecule has 0 spiro atoms. The zero-order chi connectivity index (χ0) is 13.6. The summed E-state index contributed by atoms with van der Waals surface area (Å²) in [7, 11) is 1.79. The van der Waals surface area contributed by atoms with E-state index in [1.807, 2.05) is 0 Å². The lowest BCUT2D eigenvalue weighted by molar-refractivity contribution is 0.0292. The van der Waals surface area contributed by atoms with Gasteiger partial charge in [-0.05, 0) is 45.7 Å². The minimum atomic E-state index is 0.445. The molecule has 1 N–H and O–H groups in total. The molecule has 1 aliphatic carbocycles. The Morgan fingerprint density at radius 2 is 1.68 bits per heavy atom. The first-order chi connectivity index (χ1) is 9.27. The zero-order valence-electron chi connectivity index (χ0n) is 12.9. The van der Waals surface area contributed by atoms with Gasteiger partial charge in [0.05, 0.1) is 6.61 Å². The summed E-state index contributed by atoms with van der Waals surface area (Å²) < 4.78 is 5.25. The van der Waals surface area contributed by atoms with E-state index in [0.717, 1.165) is 13.2 Å². The third-order valence-corrected chi connectivity index (χ3v) is 5.01. The van der Waals surface area contributed by atoms with Crippen molar-refractivity contribution in [3.05, 3.63) is 0 Å². The van der Waals surface area contributed by atoms with Crippen LogP contribution in [0.5, 0.6) is 0 Å². The highest BCUT2D eigenvalue weighted by molar-refractivity contribution is 4.96. The summed E-state index contributed by atoms with van der Waals surface area (Å²) in [6.45, 7) is 6.84. The van der Waals surface area contributed by atoms with E-state index in [1.54, 1.807) is 7.11 Å². The summed E-state index contributed by atoms with van der Waals surface area (Å²) in [5.41, 5.74) is 0.445. The maximum absolute atomic E-state index is 5.25. The van der Waals surface area contributed by atoms with Crippen LogP contribution in [0.2, 0.25) is 0 Å². The van der Waals surface area contributed by atoms with E-state index >= 15 is 0 Å². The van der Waals surface area contributed by atoms with Crippen LogP contribution in [0.1, 0.15) is 58.3 Å². The summed E-state index contributed by atoms with van der Waals surface area (Å²) in [6, 6.07) is 0.466. The van der Waals surface area contributed by atoms with E-state index in [9.17, 15) is 0 Å². The molecule has 1 heterocycles. The first-order valence-corrected chi connectivity index (χ1v) is 8.24. The lowest BCUT2D eigenvalue weighted by atomic mass is 9.79. The van der Waals surface area contributed by atoms with Gasteiger partial charge in [-0.1, -0.05) is 25.7 Å². The monoisotopic (exact) mass is 268 g/mol. The third-order valence-electron chi connectivity index (χ3n) is 5.01. The van der Waals surface area contributed by atoms with Crippen LogP contribution < -0.4 is 5.32 Å². The Kier molecular flexibility index (Phi) is 6.11. The molecule has 0 bridgehead atoms. The predicted octanol–water partition coefficient (Wildman–Crippen LogP) is 2.80. The Bertz CT molecular complexity index is 245. The van der Waals surface area contributed by atoms with Gasteiger partial charge in [-0.15, -0.1) is 0 Å². The molecule has 0 aromatic rings. The second-order valence-corrected chi connectivity index (χ2v) is 6.57. The number of nitrogens with one attached hydrogen (secondary N) is 1. The number of hydrogen-bond donors (Lipinski definition) is 1. The Morgan fingerprint density at radius 3 is 2.32 bits per heavy atom. The minimum Gasteiger partial charge on any atom is -0.383 e. The molecule has 0 radical (unpaired) electrons. The molecule has 1 saturated heterocycles. The first-order valence-electron chi connectivity index (χ1n) is 8.24. The highest BCUT2D eigenvalue weighted by Crippen LogP contribution is 2.35. The molecule has 1 saturated carbocycles. The Balaban J connectivity index is 1.93. The quantitative estimate of drug-likeness (QED) is 0.801. The van der Waals surface area contributed by atoms with Gasteiger partial charge in [-0.2, -0.15) is 0 Å². The van der Waals surface area contributed by atoms with Crippen molar-refractivity contribution in [1.82, 2.24) is 10.2 Å². The van der Waals surface area contributed by atoms with E-state index in [4.69, 9.17) is 4.74 Å². The Hall–Kier alpha value is -0.120. The molecule has 2 aliphatic rings. The molecule has 3 nitrogen and oxygen atoms in total. The smallest absolute Gasteiger partial charge is 0.0613 e. The van der Waals surface area contributed by atoms with Gasteiger partial charge in [0, 0.05) is 25.2 Å². The molecular weight excluding hydrogens is 236 g/mol. The number of hydrogen-bond acceptors (Lipinski definition) is 3. The van der Waals surface area contributed by atoms with Crippen LogP contribution >= 0.6 is 0 Å². The fourth-order valence-corrected chi connectivity index (χ4v) is 3.86. The number of methoxy groups -OCH3 is 1. The molecule has 2 rings (SSSR count). The first kappa shape index (κ1) is 15.3. The number of piperidine rings is 1. The average Bonchev–Trinajstić information content (AvgIpc) is 2.47. The number of ether oxygens (including phenoxy) is 1. The topological polar surface area (TPSA) is 24.5 Å². The van der Waals surface area contributed by atoms with Gasteiger partial charge < -0.3 is 10.1 Å². The van der Waals surface area contributed by atoms with Crippen LogP contribution in [0.25, 0.3) is 0 Å².